The number of rotatable bonds is 7. The molecule has 1 aliphatic rings. The van der Waals surface area contributed by atoms with Gasteiger partial charge < -0.3 is 0 Å². The monoisotopic (exact) mass is 812 g/mol. The molecule has 1 aliphatic carbocycles. The van der Waals surface area contributed by atoms with Crippen LogP contribution in [-0.2, 0) is 5.41 Å². The lowest BCUT2D eigenvalue weighted by Crippen LogP contribution is -2.28. The van der Waals surface area contributed by atoms with Gasteiger partial charge in [-0.15, -0.1) is 0 Å². The van der Waals surface area contributed by atoms with Gasteiger partial charge in [0, 0.05) is 0 Å². The summed E-state index contributed by atoms with van der Waals surface area (Å²) in [6, 6.07) is 87.6. The molecule has 12 rings (SSSR count). The fourth-order valence-corrected chi connectivity index (χ4v) is 10.7. The first-order valence-corrected chi connectivity index (χ1v) is 22.3. The lowest BCUT2D eigenvalue weighted by Gasteiger charge is -2.34. The van der Waals surface area contributed by atoms with E-state index < -0.39 is 5.41 Å². The standard InChI is InChI=1S/C64H44/c1-43-27-38-49(39-28-43)64(60-25-13-11-19-54(60)55-20-12-14-26-61(55)64)50-40-35-48(36-41-50)63-58-23-9-7-21-56(58)62(57-22-8-10-24-59(57)63)47-33-30-44(31-34-47)29-32-46-37-42-52(45-15-3-2-4-16-45)53-18-6-5-17-51(46)53/h2-42H,1H3. The maximum Gasteiger partial charge on any atom is 0.0713 e. The first kappa shape index (κ1) is 37.7. The molecule has 0 heteroatoms. The zero-order chi connectivity index (χ0) is 42.6. The SMILES string of the molecule is Cc1ccc(C2(c3ccc(-c4c5ccccc5c(-c5ccc(C=Cc6ccc(-c7ccccc7)c7ccccc67)cc5)c5ccccc45)cc3)c3ccccc3-c3ccccc32)cc1. The van der Waals surface area contributed by atoms with Crippen LogP contribution in [0.1, 0.15) is 38.9 Å². The molecule has 300 valence electrons. The first-order valence-electron chi connectivity index (χ1n) is 22.3. The molecule has 0 spiro atoms. The van der Waals surface area contributed by atoms with E-state index >= 15 is 0 Å². The molecular weight excluding hydrogens is 769 g/mol. The molecular formula is C64H44. The third-order valence-corrected chi connectivity index (χ3v) is 13.7. The highest BCUT2D eigenvalue weighted by Crippen LogP contribution is 2.56. The van der Waals surface area contributed by atoms with Crippen LogP contribution in [0, 0.1) is 6.92 Å². The molecule has 0 N–H and O–H groups in total. The normalized spacial score (nSPS) is 12.8. The van der Waals surface area contributed by atoms with Crippen molar-refractivity contribution in [1.29, 1.82) is 0 Å². The van der Waals surface area contributed by atoms with Crippen LogP contribution >= 0.6 is 0 Å². The molecule has 0 unspecified atom stereocenters. The van der Waals surface area contributed by atoms with Crippen LogP contribution in [0.15, 0.2) is 237 Å². The van der Waals surface area contributed by atoms with Crippen LogP contribution in [-0.4, -0.2) is 0 Å². The Hall–Kier alpha value is -8.06. The van der Waals surface area contributed by atoms with Crippen molar-refractivity contribution in [1.82, 2.24) is 0 Å². The second kappa shape index (κ2) is 15.4. The molecule has 0 radical (unpaired) electrons. The molecule has 0 fully saturated rings. The maximum atomic E-state index is 2.39. The second-order valence-electron chi connectivity index (χ2n) is 17.2. The van der Waals surface area contributed by atoms with Gasteiger partial charge in [-0.25, -0.2) is 0 Å². The third-order valence-electron chi connectivity index (χ3n) is 13.7. The summed E-state index contributed by atoms with van der Waals surface area (Å²) in [4.78, 5) is 0. The van der Waals surface area contributed by atoms with Gasteiger partial charge >= 0.3 is 0 Å². The van der Waals surface area contributed by atoms with Crippen LogP contribution in [0.2, 0.25) is 0 Å². The summed E-state index contributed by atoms with van der Waals surface area (Å²) in [6.45, 7) is 2.17. The number of aryl methyl sites for hydroxylation is 1. The van der Waals surface area contributed by atoms with Crippen molar-refractivity contribution in [2.75, 3.05) is 0 Å². The summed E-state index contributed by atoms with van der Waals surface area (Å²) in [7, 11) is 0. The number of benzene rings is 11. The third kappa shape index (κ3) is 5.98. The van der Waals surface area contributed by atoms with Crippen molar-refractivity contribution in [2.24, 2.45) is 0 Å². The molecule has 11 aromatic rings. The first-order chi connectivity index (χ1) is 31.7. The fourth-order valence-electron chi connectivity index (χ4n) is 10.7. The predicted molar refractivity (Wildman–Crippen MR) is 273 cm³/mol. The van der Waals surface area contributed by atoms with Crippen LogP contribution < -0.4 is 0 Å². The Bertz CT molecular complexity index is 3470. The lowest BCUT2D eigenvalue weighted by atomic mass is 9.67. The minimum atomic E-state index is -0.435. The molecule has 64 heavy (non-hydrogen) atoms. The van der Waals surface area contributed by atoms with Crippen LogP contribution in [0.25, 0.3) is 89.0 Å². The second-order valence-corrected chi connectivity index (χ2v) is 17.2. The Morgan fingerprint density at radius 3 is 1.28 bits per heavy atom. The molecule has 0 aliphatic heterocycles. The summed E-state index contributed by atoms with van der Waals surface area (Å²) >= 11 is 0. The largest absolute Gasteiger partial charge is 0.0713 e. The van der Waals surface area contributed by atoms with E-state index in [1.165, 1.54) is 116 Å². The summed E-state index contributed by atoms with van der Waals surface area (Å²) < 4.78 is 0. The van der Waals surface area contributed by atoms with E-state index in [9.17, 15) is 0 Å². The smallest absolute Gasteiger partial charge is 0.0622 e. The summed E-state index contributed by atoms with van der Waals surface area (Å²) in [6.07, 6.45) is 4.49. The highest BCUT2D eigenvalue weighted by molar-refractivity contribution is 6.21. The van der Waals surface area contributed by atoms with E-state index in [1.54, 1.807) is 0 Å². The van der Waals surface area contributed by atoms with Crippen molar-refractivity contribution in [3.8, 4) is 44.5 Å². The number of hydrogen-bond donors (Lipinski definition) is 0. The zero-order valence-electron chi connectivity index (χ0n) is 35.7. The molecule has 0 atom stereocenters. The molecule has 11 aromatic carbocycles. The maximum absolute atomic E-state index is 2.39. The van der Waals surface area contributed by atoms with E-state index in [1.807, 2.05) is 0 Å². The van der Waals surface area contributed by atoms with Gasteiger partial charge in [0.25, 0.3) is 0 Å². The Morgan fingerprint density at radius 1 is 0.297 bits per heavy atom. The van der Waals surface area contributed by atoms with E-state index in [2.05, 4.69) is 256 Å². The van der Waals surface area contributed by atoms with Crippen LogP contribution in [0.5, 0.6) is 0 Å². The van der Waals surface area contributed by atoms with E-state index in [4.69, 9.17) is 0 Å². The topological polar surface area (TPSA) is 0 Å². The zero-order valence-corrected chi connectivity index (χ0v) is 35.7. The lowest BCUT2D eigenvalue weighted by molar-refractivity contribution is 0.768. The molecule has 0 heterocycles. The molecule has 0 nitrogen and oxygen atoms in total. The predicted octanol–water partition coefficient (Wildman–Crippen LogP) is 17.0. The van der Waals surface area contributed by atoms with E-state index in [0.29, 0.717) is 0 Å². The summed E-state index contributed by atoms with van der Waals surface area (Å²) in [5.41, 5.74) is 18.5. The summed E-state index contributed by atoms with van der Waals surface area (Å²) in [5.74, 6) is 0. The van der Waals surface area contributed by atoms with Crippen molar-refractivity contribution in [2.45, 2.75) is 12.3 Å². The van der Waals surface area contributed by atoms with Crippen molar-refractivity contribution < 1.29 is 0 Å². The Kier molecular flexibility index (Phi) is 9.06. The van der Waals surface area contributed by atoms with Gasteiger partial charge in [0.05, 0.1) is 5.41 Å². The molecule has 0 saturated carbocycles. The molecule has 0 saturated heterocycles. The van der Waals surface area contributed by atoms with E-state index in [0.717, 1.165) is 0 Å². The molecule has 0 aromatic heterocycles. The molecule has 0 amide bonds. The van der Waals surface area contributed by atoms with Gasteiger partial charge in [0.15, 0.2) is 0 Å². The Labute approximate surface area is 375 Å². The quantitative estimate of drug-likeness (QED) is 0.111. The fraction of sp³-hybridized carbons (Fsp3) is 0.0312. The average Bonchev–Trinajstić information content (AvgIpc) is 3.66. The van der Waals surface area contributed by atoms with Gasteiger partial charge in [-0.3, -0.25) is 0 Å². The van der Waals surface area contributed by atoms with Crippen LogP contribution in [0.3, 0.4) is 0 Å². The van der Waals surface area contributed by atoms with Crippen molar-refractivity contribution in [3.63, 3.8) is 0 Å². The van der Waals surface area contributed by atoms with Gasteiger partial charge in [0.1, 0.15) is 0 Å². The number of fused-ring (bicyclic) bond motifs is 6. The van der Waals surface area contributed by atoms with Gasteiger partial charge in [0.2, 0.25) is 0 Å². The highest BCUT2D eigenvalue weighted by atomic mass is 14.5. The van der Waals surface area contributed by atoms with Crippen molar-refractivity contribution in [3.05, 3.63) is 276 Å². The van der Waals surface area contributed by atoms with Crippen LogP contribution in [0.4, 0.5) is 0 Å². The Morgan fingerprint density at radius 2 is 0.734 bits per heavy atom. The van der Waals surface area contributed by atoms with Gasteiger partial charge in [-0.1, -0.05) is 254 Å². The van der Waals surface area contributed by atoms with Gasteiger partial charge in [-0.2, -0.15) is 0 Å². The summed E-state index contributed by atoms with van der Waals surface area (Å²) in [5, 5.41) is 7.53. The minimum Gasteiger partial charge on any atom is -0.0622 e. The Balaban J connectivity index is 0.945. The van der Waals surface area contributed by atoms with Gasteiger partial charge in [-0.05, 0) is 117 Å². The highest BCUT2D eigenvalue weighted by Gasteiger charge is 2.45. The average molecular weight is 813 g/mol. The molecule has 0 bridgehead atoms. The number of hydrogen-bond acceptors (Lipinski definition) is 0. The van der Waals surface area contributed by atoms with E-state index in [-0.39, 0.29) is 0 Å². The van der Waals surface area contributed by atoms with Crippen molar-refractivity contribution >= 4 is 44.5 Å². The minimum absolute atomic E-state index is 0.435.